The number of benzene rings is 2. The lowest BCUT2D eigenvalue weighted by atomic mass is 10.1. The molecule has 4 rings (SSSR count). The Morgan fingerprint density at radius 2 is 1.72 bits per heavy atom. The van der Waals surface area contributed by atoms with Crippen LogP contribution in [-0.2, 0) is 11.2 Å². The molecular formula is C25H28N6O5. The zero-order chi connectivity index (χ0) is 25.7. The van der Waals surface area contributed by atoms with Crippen LogP contribution in [0.25, 0.3) is 16.9 Å². The highest BCUT2D eigenvalue weighted by Crippen LogP contribution is 2.40. The van der Waals surface area contributed by atoms with E-state index in [1.807, 2.05) is 29.0 Å². The fourth-order valence-corrected chi connectivity index (χ4v) is 3.89. The standard InChI is InChI=1S/C25H28N6O5/c1-15(32)26-9-8-16-13-31(20-7-6-18(33-2)12-19(16)20)25-28-14-27-24(30-25)29-17-10-21(34-3)23(36-5)22(11-17)35-4/h6-7,10-14H,8-9H2,1-5H3,(H,26,32)(H,27,28,29,30). The highest BCUT2D eigenvalue weighted by Gasteiger charge is 2.16. The van der Waals surface area contributed by atoms with Crippen molar-refractivity contribution in [1.82, 2.24) is 24.8 Å². The van der Waals surface area contributed by atoms with Gasteiger partial charge in [0.15, 0.2) is 11.5 Å². The molecule has 0 bridgehead atoms. The number of nitrogens with one attached hydrogen (secondary N) is 2. The van der Waals surface area contributed by atoms with Crippen molar-refractivity contribution >= 4 is 28.4 Å². The SMILES string of the molecule is COc1ccc2c(c1)c(CCNC(C)=O)cn2-c1ncnc(Nc2cc(OC)c(OC)c(OC)c2)n1. The highest BCUT2D eigenvalue weighted by atomic mass is 16.5. The zero-order valence-electron chi connectivity index (χ0n) is 20.8. The molecule has 1 amide bonds. The summed E-state index contributed by atoms with van der Waals surface area (Å²) in [6.07, 6.45) is 4.04. The number of amides is 1. The first-order valence-electron chi connectivity index (χ1n) is 11.2. The van der Waals surface area contributed by atoms with Gasteiger partial charge in [0.2, 0.25) is 23.6 Å². The molecule has 0 aliphatic heterocycles. The number of carbonyl (C=O) groups is 1. The van der Waals surface area contributed by atoms with Crippen LogP contribution in [0, 0.1) is 0 Å². The smallest absolute Gasteiger partial charge is 0.238 e. The number of carbonyl (C=O) groups excluding carboxylic acids is 1. The first kappa shape index (κ1) is 24.6. The third-order valence-electron chi connectivity index (χ3n) is 5.56. The largest absolute Gasteiger partial charge is 0.497 e. The molecule has 0 saturated carbocycles. The molecule has 36 heavy (non-hydrogen) atoms. The van der Waals surface area contributed by atoms with Crippen LogP contribution >= 0.6 is 0 Å². The molecule has 0 fully saturated rings. The van der Waals surface area contributed by atoms with Crippen LogP contribution in [0.15, 0.2) is 42.9 Å². The molecule has 2 aromatic heterocycles. The van der Waals surface area contributed by atoms with Crippen molar-refractivity contribution in [2.75, 3.05) is 40.3 Å². The number of aromatic nitrogens is 4. The summed E-state index contributed by atoms with van der Waals surface area (Å²) < 4.78 is 23.5. The van der Waals surface area contributed by atoms with Gasteiger partial charge in [0.1, 0.15) is 12.1 Å². The Labute approximate surface area is 208 Å². The van der Waals surface area contributed by atoms with Gasteiger partial charge in [-0.15, -0.1) is 0 Å². The van der Waals surface area contributed by atoms with E-state index in [1.54, 1.807) is 40.6 Å². The van der Waals surface area contributed by atoms with Gasteiger partial charge in [0, 0.05) is 42.9 Å². The predicted octanol–water partition coefficient (Wildman–Crippen LogP) is 3.27. The van der Waals surface area contributed by atoms with Crippen molar-refractivity contribution in [3.05, 3.63) is 48.4 Å². The van der Waals surface area contributed by atoms with Gasteiger partial charge in [-0.05, 0) is 30.2 Å². The number of ether oxygens (including phenoxy) is 4. The summed E-state index contributed by atoms with van der Waals surface area (Å²) in [5.74, 6) is 2.93. The van der Waals surface area contributed by atoms with Crippen molar-refractivity contribution in [1.29, 1.82) is 0 Å². The lowest BCUT2D eigenvalue weighted by Crippen LogP contribution is -2.22. The summed E-state index contributed by atoms with van der Waals surface area (Å²) in [6.45, 7) is 2.01. The van der Waals surface area contributed by atoms with Gasteiger partial charge in [0.05, 0.1) is 34.0 Å². The molecule has 11 heteroatoms. The third kappa shape index (κ3) is 5.09. The number of methoxy groups -OCH3 is 4. The van der Waals surface area contributed by atoms with Gasteiger partial charge >= 0.3 is 0 Å². The normalized spacial score (nSPS) is 10.7. The van der Waals surface area contributed by atoms with E-state index in [0.29, 0.717) is 47.8 Å². The third-order valence-corrected chi connectivity index (χ3v) is 5.56. The number of anilines is 2. The second kappa shape index (κ2) is 10.8. The van der Waals surface area contributed by atoms with E-state index in [0.717, 1.165) is 22.2 Å². The minimum Gasteiger partial charge on any atom is -0.497 e. The Morgan fingerprint density at radius 1 is 0.972 bits per heavy atom. The van der Waals surface area contributed by atoms with Gasteiger partial charge in [-0.1, -0.05) is 0 Å². The molecule has 2 aromatic carbocycles. The molecule has 11 nitrogen and oxygen atoms in total. The first-order chi connectivity index (χ1) is 17.5. The van der Waals surface area contributed by atoms with Crippen molar-refractivity contribution in [2.45, 2.75) is 13.3 Å². The Morgan fingerprint density at radius 3 is 2.36 bits per heavy atom. The Hall–Kier alpha value is -4.54. The maximum Gasteiger partial charge on any atom is 0.238 e. The van der Waals surface area contributed by atoms with Crippen LogP contribution in [0.3, 0.4) is 0 Å². The van der Waals surface area contributed by atoms with Crippen LogP contribution in [0.4, 0.5) is 11.6 Å². The van der Waals surface area contributed by atoms with Crippen LogP contribution in [0.5, 0.6) is 23.0 Å². The van der Waals surface area contributed by atoms with Crippen LogP contribution in [0.1, 0.15) is 12.5 Å². The lowest BCUT2D eigenvalue weighted by molar-refractivity contribution is -0.118. The summed E-state index contributed by atoms with van der Waals surface area (Å²) in [4.78, 5) is 24.6. The number of fused-ring (bicyclic) bond motifs is 1. The first-order valence-corrected chi connectivity index (χ1v) is 11.2. The summed E-state index contributed by atoms with van der Waals surface area (Å²) in [7, 11) is 6.28. The van der Waals surface area contributed by atoms with Crippen molar-refractivity contribution in [3.8, 4) is 28.9 Å². The molecule has 0 aliphatic carbocycles. The predicted molar refractivity (Wildman–Crippen MR) is 135 cm³/mol. The van der Waals surface area contributed by atoms with Crippen LogP contribution < -0.4 is 29.6 Å². The van der Waals surface area contributed by atoms with Crippen molar-refractivity contribution in [2.24, 2.45) is 0 Å². The number of rotatable bonds is 10. The van der Waals surface area contributed by atoms with Gasteiger partial charge < -0.3 is 29.6 Å². The molecule has 0 aliphatic rings. The van der Waals surface area contributed by atoms with Crippen LogP contribution in [0.2, 0.25) is 0 Å². The quantitative estimate of drug-likeness (QED) is 0.343. The summed E-state index contributed by atoms with van der Waals surface area (Å²) >= 11 is 0. The number of hydrogen-bond acceptors (Lipinski definition) is 9. The van der Waals surface area contributed by atoms with E-state index < -0.39 is 0 Å². The summed E-state index contributed by atoms with van der Waals surface area (Å²) in [5.41, 5.74) is 2.58. The fourth-order valence-electron chi connectivity index (χ4n) is 3.89. The molecule has 2 N–H and O–H groups in total. The maximum absolute atomic E-state index is 11.3. The number of hydrogen-bond donors (Lipinski definition) is 2. The average molecular weight is 493 g/mol. The maximum atomic E-state index is 11.3. The topological polar surface area (TPSA) is 122 Å². The van der Waals surface area contributed by atoms with E-state index in [2.05, 4.69) is 25.6 Å². The van der Waals surface area contributed by atoms with Crippen molar-refractivity contribution in [3.63, 3.8) is 0 Å². The molecule has 0 atom stereocenters. The second-order valence-corrected chi connectivity index (χ2v) is 7.79. The van der Waals surface area contributed by atoms with E-state index >= 15 is 0 Å². The lowest BCUT2D eigenvalue weighted by Gasteiger charge is -2.14. The highest BCUT2D eigenvalue weighted by molar-refractivity contribution is 5.86. The monoisotopic (exact) mass is 492 g/mol. The van der Waals surface area contributed by atoms with Gasteiger partial charge in [-0.2, -0.15) is 4.98 Å². The van der Waals surface area contributed by atoms with E-state index in [-0.39, 0.29) is 5.91 Å². The minimum atomic E-state index is -0.0729. The molecule has 0 saturated heterocycles. The Kier molecular flexibility index (Phi) is 7.38. The molecule has 0 spiro atoms. The van der Waals surface area contributed by atoms with Gasteiger partial charge in [-0.25, -0.2) is 9.97 Å². The molecule has 0 radical (unpaired) electrons. The Bertz CT molecular complexity index is 1360. The summed E-state index contributed by atoms with van der Waals surface area (Å²) in [6, 6.07) is 9.33. The number of nitrogens with zero attached hydrogens (tertiary/aromatic N) is 4. The van der Waals surface area contributed by atoms with E-state index in [1.165, 1.54) is 13.3 Å². The van der Waals surface area contributed by atoms with Crippen LogP contribution in [-0.4, -0.2) is 60.4 Å². The second-order valence-electron chi connectivity index (χ2n) is 7.79. The fraction of sp³-hybridized carbons (Fsp3) is 0.280. The van der Waals surface area contributed by atoms with E-state index in [4.69, 9.17) is 18.9 Å². The molecular weight excluding hydrogens is 464 g/mol. The summed E-state index contributed by atoms with van der Waals surface area (Å²) in [5, 5.41) is 7.00. The van der Waals surface area contributed by atoms with Crippen molar-refractivity contribution < 1.29 is 23.7 Å². The average Bonchev–Trinajstić information content (AvgIpc) is 3.25. The molecule has 0 unspecified atom stereocenters. The van der Waals surface area contributed by atoms with E-state index in [9.17, 15) is 4.79 Å². The molecule has 4 aromatic rings. The zero-order valence-corrected chi connectivity index (χ0v) is 20.8. The van der Waals surface area contributed by atoms with Gasteiger partial charge in [0.25, 0.3) is 0 Å². The molecule has 2 heterocycles. The Balaban J connectivity index is 1.70. The van der Waals surface area contributed by atoms with Gasteiger partial charge in [-0.3, -0.25) is 9.36 Å². The molecule has 188 valence electrons. The minimum absolute atomic E-state index is 0.0729.